The third-order valence-electron chi connectivity index (χ3n) is 7.16. The number of hydrogen-bond acceptors (Lipinski definition) is 4. The number of rotatable bonds is 3. The summed E-state index contributed by atoms with van der Waals surface area (Å²) in [5.41, 5.74) is 3.44. The van der Waals surface area contributed by atoms with Crippen LogP contribution in [0.2, 0.25) is 0 Å². The van der Waals surface area contributed by atoms with Crippen LogP contribution >= 0.6 is 0 Å². The number of amides is 2. The van der Waals surface area contributed by atoms with Crippen LogP contribution < -0.4 is 15.0 Å². The van der Waals surface area contributed by atoms with Crippen molar-refractivity contribution in [2.24, 2.45) is 13.0 Å². The fraction of sp³-hybridized carbons (Fsp3) is 0.522. The Morgan fingerprint density at radius 2 is 2.10 bits per heavy atom. The summed E-state index contributed by atoms with van der Waals surface area (Å²) in [6.07, 6.45) is 4.89. The van der Waals surface area contributed by atoms with Crippen LogP contribution in [-0.2, 0) is 22.1 Å². The molecule has 0 bridgehead atoms. The maximum atomic E-state index is 13.2. The van der Waals surface area contributed by atoms with Crippen LogP contribution in [0.5, 0.6) is 5.75 Å². The Bertz CT molecular complexity index is 1030. The second kappa shape index (κ2) is 6.86. The van der Waals surface area contributed by atoms with Gasteiger partial charge in [0, 0.05) is 36.6 Å². The summed E-state index contributed by atoms with van der Waals surface area (Å²) >= 11 is 0. The number of carbonyl (C=O) groups excluding carboxylic acids is 2. The van der Waals surface area contributed by atoms with E-state index < -0.39 is 6.04 Å². The highest BCUT2D eigenvalue weighted by atomic mass is 16.5. The Morgan fingerprint density at radius 1 is 1.30 bits per heavy atom. The molecule has 7 nitrogen and oxygen atoms in total. The molecular weight excluding hydrogens is 380 g/mol. The molecule has 1 aromatic carbocycles. The molecule has 0 radical (unpaired) electrons. The third kappa shape index (κ3) is 2.90. The lowest BCUT2D eigenvalue weighted by Crippen LogP contribution is -2.53. The Hall–Kier alpha value is -2.83. The summed E-state index contributed by atoms with van der Waals surface area (Å²) in [6.45, 7) is 5.47. The monoisotopic (exact) mass is 408 g/mol. The van der Waals surface area contributed by atoms with Crippen molar-refractivity contribution in [1.29, 1.82) is 0 Å². The topological polar surface area (TPSA) is 76.5 Å². The molecule has 2 aliphatic heterocycles. The smallest absolute Gasteiger partial charge is 0.250 e. The fourth-order valence-electron chi connectivity index (χ4n) is 5.14. The summed E-state index contributed by atoms with van der Waals surface area (Å²) in [6, 6.07) is 5.64. The first-order valence-corrected chi connectivity index (χ1v) is 10.7. The average molecular weight is 409 g/mol. The highest BCUT2D eigenvalue weighted by molar-refractivity contribution is 6.00. The number of fused-ring (bicyclic) bond motifs is 2. The molecule has 2 aromatic rings. The molecule has 1 saturated heterocycles. The first-order chi connectivity index (χ1) is 14.4. The number of anilines is 1. The van der Waals surface area contributed by atoms with E-state index in [9.17, 15) is 9.59 Å². The first-order valence-electron chi connectivity index (χ1n) is 10.7. The number of hydrogen-bond donors (Lipinski definition) is 1. The van der Waals surface area contributed by atoms with Gasteiger partial charge in [-0.2, -0.15) is 5.10 Å². The lowest BCUT2D eigenvalue weighted by atomic mass is 9.85. The number of carbonyl (C=O) groups is 2. The van der Waals surface area contributed by atoms with Crippen LogP contribution in [0, 0.1) is 19.8 Å². The zero-order valence-corrected chi connectivity index (χ0v) is 17.8. The van der Waals surface area contributed by atoms with Crippen molar-refractivity contribution in [3.63, 3.8) is 0 Å². The van der Waals surface area contributed by atoms with Crippen molar-refractivity contribution in [2.45, 2.75) is 51.0 Å². The Balaban J connectivity index is 1.33. The van der Waals surface area contributed by atoms with Crippen LogP contribution in [0.4, 0.5) is 5.82 Å². The van der Waals surface area contributed by atoms with Gasteiger partial charge in [0.25, 0.3) is 5.91 Å². The van der Waals surface area contributed by atoms with Gasteiger partial charge >= 0.3 is 0 Å². The van der Waals surface area contributed by atoms with Gasteiger partial charge in [-0.15, -0.1) is 0 Å². The van der Waals surface area contributed by atoms with Crippen molar-refractivity contribution in [2.75, 3.05) is 18.1 Å². The number of nitrogens with zero attached hydrogens (tertiary/aromatic N) is 3. The quantitative estimate of drug-likeness (QED) is 0.846. The number of piperidine rings is 1. The van der Waals surface area contributed by atoms with Gasteiger partial charge in [0.15, 0.2) is 0 Å². The molecule has 30 heavy (non-hydrogen) atoms. The van der Waals surface area contributed by atoms with Crippen molar-refractivity contribution in [3.8, 4) is 5.75 Å². The van der Waals surface area contributed by atoms with E-state index in [2.05, 4.69) is 36.4 Å². The molecule has 1 spiro atoms. The minimum atomic E-state index is -0.474. The largest absolute Gasteiger partial charge is 0.493 e. The van der Waals surface area contributed by atoms with E-state index in [1.54, 1.807) is 15.8 Å². The van der Waals surface area contributed by atoms with Gasteiger partial charge in [0.2, 0.25) is 5.91 Å². The molecule has 1 unspecified atom stereocenters. The Kier molecular flexibility index (Phi) is 4.38. The molecule has 3 atom stereocenters. The summed E-state index contributed by atoms with van der Waals surface area (Å²) in [4.78, 5) is 28.0. The summed E-state index contributed by atoms with van der Waals surface area (Å²) < 4.78 is 7.59. The zero-order chi connectivity index (χ0) is 21.0. The van der Waals surface area contributed by atoms with E-state index in [-0.39, 0.29) is 23.1 Å². The van der Waals surface area contributed by atoms with E-state index in [1.165, 1.54) is 11.1 Å². The highest BCUT2D eigenvalue weighted by Gasteiger charge is 2.61. The van der Waals surface area contributed by atoms with Crippen LogP contribution in [-0.4, -0.2) is 40.8 Å². The second-order valence-corrected chi connectivity index (χ2v) is 8.95. The molecule has 1 saturated carbocycles. The van der Waals surface area contributed by atoms with E-state index in [4.69, 9.17) is 4.74 Å². The van der Waals surface area contributed by atoms with Gasteiger partial charge in [-0.25, -0.2) is 0 Å². The predicted molar refractivity (Wildman–Crippen MR) is 113 cm³/mol. The number of ether oxygens (including phenoxy) is 1. The minimum absolute atomic E-state index is 0.00807. The third-order valence-corrected chi connectivity index (χ3v) is 7.16. The molecule has 3 heterocycles. The molecule has 1 aromatic heterocycles. The van der Waals surface area contributed by atoms with Crippen molar-refractivity contribution in [1.82, 2.24) is 15.1 Å². The van der Waals surface area contributed by atoms with Gasteiger partial charge in [-0.1, -0.05) is 6.07 Å². The van der Waals surface area contributed by atoms with E-state index >= 15 is 0 Å². The lowest BCUT2D eigenvalue weighted by molar-refractivity contribution is -0.129. The summed E-state index contributed by atoms with van der Waals surface area (Å²) in [5, 5.41) is 7.24. The lowest BCUT2D eigenvalue weighted by Gasteiger charge is -2.33. The van der Waals surface area contributed by atoms with Gasteiger partial charge in [-0.05, 0) is 56.7 Å². The van der Waals surface area contributed by atoms with Gasteiger partial charge in [0.1, 0.15) is 17.6 Å². The Labute approximate surface area is 176 Å². The fourth-order valence-corrected chi connectivity index (χ4v) is 5.14. The molecule has 158 valence electrons. The molecule has 1 aliphatic carbocycles. The molecule has 2 amide bonds. The standard InChI is InChI=1S/C23H28N4O3/c1-14-11-16-19(12-15(14)2)30-10-7-23(16)13-17(23)21(28)25-18-5-4-9-27(22(18)29)20-6-8-24-26(20)3/h6,8,11-12,17-18H,4-5,7,9-10,13H2,1-3H3,(H,25,28)/t17-,18?,23-/m0/s1. The highest BCUT2D eigenvalue weighted by Crippen LogP contribution is 2.61. The van der Waals surface area contributed by atoms with Gasteiger partial charge < -0.3 is 10.1 Å². The average Bonchev–Trinajstić information content (AvgIpc) is 3.28. The maximum Gasteiger partial charge on any atom is 0.250 e. The molecule has 2 fully saturated rings. The molecule has 7 heteroatoms. The van der Waals surface area contributed by atoms with Crippen LogP contribution in [0.3, 0.4) is 0 Å². The molecule has 3 aliphatic rings. The van der Waals surface area contributed by atoms with Gasteiger partial charge in [-0.3, -0.25) is 19.2 Å². The van der Waals surface area contributed by atoms with Gasteiger partial charge in [0.05, 0.1) is 12.8 Å². The predicted octanol–water partition coefficient (Wildman–Crippen LogP) is 2.39. The second-order valence-electron chi connectivity index (χ2n) is 8.95. The molecule has 1 N–H and O–H groups in total. The maximum absolute atomic E-state index is 13.2. The summed E-state index contributed by atoms with van der Waals surface area (Å²) in [5.74, 6) is 1.53. The van der Waals surface area contributed by atoms with Crippen molar-refractivity contribution >= 4 is 17.6 Å². The van der Waals surface area contributed by atoms with E-state index in [0.717, 1.165) is 36.4 Å². The number of benzene rings is 1. The molecular formula is C23H28N4O3. The van der Waals surface area contributed by atoms with E-state index in [0.29, 0.717) is 19.6 Å². The number of aryl methyl sites for hydroxylation is 3. The number of aromatic nitrogens is 2. The van der Waals surface area contributed by atoms with Crippen LogP contribution in [0.25, 0.3) is 0 Å². The SMILES string of the molecule is Cc1cc2c(cc1C)[C@]1(CCO2)C[C@H]1C(=O)NC1CCCN(c2ccnn2C)C1=O. The zero-order valence-electron chi connectivity index (χ0n) is 17.8. The van der Waals surface area contributed by atoms with Crippen molar-refractivity contribution in [3.05, 3.63) is 41.1 Å². The van der Waals surface area contributed by atoms with Crippen molar-refractivity contribution < 1.29 is 14.3 Å². The Morgan fingerprint density at radius 3 is 2.87 bits per heavy atom. The summed E-state index contributed by atoms with van der Waals surface area (Å²) in [7, 11) is 1.82. The normalized spacial score (nSPS) is 27.6. The number of nitrogens with one attached hydrogen (secondary N) is 1. The minimum Gasteiger partial charge on any atom is -0.493 e. The molecule has 5 rings (SSSR count). The first kappa shape index (κ1) is 19.2. The van der Waals surface area contributed by atoms with Crippen LogP contribution in [0.15, 0.2) is 24.4 Å². The van der Waals surface area contributed by atoms with E-state index in [1.807, 2.05) is 13.1 Å². The van der Waals surface area contributed by atoms with Crippen LogP contribution in [0.1, 0.15) is 42.4 Å².